The molecule has 2 unspecified atom stereocenters. The molecule has 15 heavy (non-hydrogen) atoms. The predicted molar refractivity (Wildman–Crippen MR) is 60.5 cm³/mol. The fraction of sp³-hybridized carbons (Fsp3) is 0.875. The fourth-order valence-corrected chi connectivity index (χ4v) is 2.59. The Labute approximate surface area is 99.7 Å². The summed E-state index contributed by atoms with van der Waals surface area (Å²) in [5.41, 5.74) is 0. The van der Waals surface area contributed by atoms with Crippen molar-refractivity contribution in [2.24, 2.45) is 5.92 Å². The van der Waals surface area contributed by atoms with Gasteiger partial charge in [-0.15, -0.1) is 23.2 Å². The SMILES string of the molecule is O=C(O)C(CCCl)C[P+](=O)COCCCl. The third-order valence-corrected chi connectivity index (χ3v) is 3.38. The number of hydrogen-bond donors (Lipinski definition) is 1. The highest BCUT2D eigenvalue weighted by atomic mass is 35.5. The summed E-state index contributed by atoms with van der Waals surface area (Å²) in [4.78, 5) is 10.7. The molecule has 0 rings (SSSR count). The van der Waals surface area contributed by atoms with Crippen molar-refractivity contribution in [3.05, 3.63) is 0 Å². The Kier molecular flexibility index (Phi) is 9.41. The van der Waals surface area contributed by atoms with E-state index in [-0.39, 0.29) is 18.4 Å². The maximum atomic E-state index is 11.4. The minimum absolute atomic E-state index is 0.0636. The lowest BCUT2D eigenvalue weighted by Crippen LogP contribution is -2.17. The standard InChI is InChI=1S/C8H13Cl2O4P/c9-2-1-7(8(11)12)5-15(13)6-14-4-3-10/h7H,1-6H2/p+1. The van der Waals surface area contributed by atoms with Gasteiger partial charge >= 0.3 is 13.8 Å². The summed E-state index contributed by atoms with van der Waals surface area (Å²) < 4.78 is 16.3. The van der Waals surface area contributed by atoms with Crippen LogP contribution in [0.5, 0.6) is 0 Å². The highest BCUT2D eigenvalue weighted by Gasteiger charge is 2.28. The number of aliphatic carboxylic acids is 1. The number of alkyl halides is 2. The van der Waals surface area contributed by atoms with Crippen LogP contribution in [0, 0.1) is 5.92 Å². The van der Waals surface area contributed by atoms with E-state index in [0.29, 0.717) is 18.9 Å². The van der Waals surface area contributed by atoms with Gasteiger partial charge < -0.3 is 9.84 Å². The van der Waals surface area contributed by atoms with E-state index in [1.807, 2.05) is 0 Å². The molecule has 4 nitrogen and oxygen atoms in total. The Morgan fingerprint density at radius 1 is 1.40 bits per heavy atom. The number of ether oxygens (including phenoxy) is 1. The van der Waals surface area contributed by atoms with Gasteiger partial charge in [-0.2, -0.15) is 0 Å². The Bertz CT molecular complexity index is 213. The fourth-order valence-electron chi connectivity index (χ4n) is 0.944. The summed E-state index contributed by atoms with van der Waals surface area (Å²) in [6.45, 7) is 0.329. The summed E-state index contributed by atoms with van der Waals surface area (Å²) in [6.07, 6.45) is 0.501. The van der Waals surface area contributed by atoms with E-state index in [0.717, 1.165) is 0 Å². The molecule has 88 valence electrons. The number of carboxylic acid groups (broad SMARTS) is 1. The van der Waals surface area contributed by atoms with Gasteiger partial charge in [0.1, 0.15) is 5.92 Å². The van der Waals surface area contributed by atoms with Crippen LogP contribution in [0.2, 0.25) is 0 Å². The molecule has 0 aromatic carbocycles. The molecule has 0 aromatic rings. The average molecular weight is 276 g/mol. The van der Waals surface area contributed by atoms with Gasteiger partial charge in [0, 0.05) is 11.8 Å². The quantitative estimate of drug-likeness (QED) is 0.399. The minimum atomic E-state index is -1.65. The van der Waals surface area contributed by atoms with Gasteiger partial charge in [0.25, 0.3) is 0 Å². The van der Waals surface area contributed by atoms with Crippen molar-refractivity contribution in [1.29, 1.82) is 0 Å². The van der Waals surface area contributed by atoms with Crippen molar-refractivity contribution in [2.45, 2.75) is 6.42 Å². The van der Waals surface area contributed by atoms with Gasteiger partial charge in [-0.25, -0.2) is 0 Å². The van der Waals surface area contributed by atoms with E-state index in [1.165, 1.54) is 0 Å². The molecule has 0 spiro atoms. The van der Waals surface area contributed by atoms with Gasteiger partial charge in [0.15, 0.2) is 6.16 Å². The Balaban J connectivity index is 3.84. The molecule has 1 N–H and O–H groups in total. The van der Waals surface area contributed by atoms with E-state index in [9.17, 15) is 9.36 Å². The van der Waals surface area contributed by atoms with Crippen molar-refractivity contribution in [3.8, 4) is 0 Å². The zero-order chi connectivity index (χ0) is 11.7. The highest BCUT2D eigenvalue weighted by Crippen LogP contribution is 2.26. The molecular formula is C8H14Cl2O4P+. The number of rotatable bonds is 9. The van der Waals surface area contributed by atoms with Crippen molar-refractivity contribution < 1.29 is 19.2 Å². The van der Waals surface area contributed by atoms with E-state index in [4.69, 9.17) is 33.0 Å². The van der Waals surface area contributed by atoms with Gasteiger partial charge in [0.2, 0.25) is 6.35 Å². The average Bonchev–Trinajstić information content (AvgIpc) is 2.17. The smallest absolute Gasteiger partial charge is 0.367 e. The minimum Gasteiger partial charge on any atom is -0.481 e. The third kappa shape index (κ3) is 7.97. The molecule has 0 amide bonds. The van der Waals surface area contributed by atoms with E-state index < -0.39 is 19.7 Å². The maximum Gasteiger partial charge on any atom is 0.367 e. The van der Waals surface area contributed by atoms with Gasteiger partial charge in [-0.1, -0.05) is 4.57 Å². The van der Waals surface area contributed by atoms with Crippen LogP contribution in [-0.2, 0) is 14.1 Å². The van der Waals surface area contributed by atoms with Crippen LogP contribution in [0.25, 0.3) is 0 Å². The number of hydrogen-bond acceptors (Lipinski definition) is 3. The molecule has 0 aliphatic carbocycles. The van der Waals surface area contributed by atoms with Gasteiger partial charge in [0.05, 0.1) is 6.61 Å². The zero-order valence-electron chi connectivity index (χ0n) is 8.20. The second-order valence-electron chi connectivity index (χ2n) is 2.90. The van der Waals surface area contributed by atoms with Crippen molar-refractivity contribution in [2.75, 3.05) is 30.9 Å². The molecule has 0 aromatic heterocycles. The van der Waals surface area contributed by atoms with Crippen molar-refractivity contribution in [1.82, 2.24) is 0 Å². The number of carboxylic acids is 1. The van der Waals surface area contributed by atoms with Gasteiger partial charge in [-0.05, 0) is 6.42 Å². The molecule has 0 aliphatic heterocycles. The number of halogens is 2. The van der Waals surface area contributed by atoms with Gasteiger partial charge in [-0.3, -0.25) is 4.79 Å². The Morgan fingerprint density at radius 2 is 2.07 bits per heavy atom. The Hall–Kier alpha value is 0.110. The summed E-state index contributed by atoms with van der Waals surface area (Å²) in [5, 5.41) is 8.78. The van der Waals surface area contributed by atoms with E-state index in [2.05, 4.69) is 0 Å². The highest BCUT2D eigenvalue weighted by molar-refractivity contribution is 7.44. The molecular weight excluding hydrogens is 262 g/mol. The van der Waals surface area contributed by atoms with Crippen LogP contribution < -0.4 is 0 Å². The van der Waals surface area contributed by atoms with Crippen LogP contribution in [0.3, 0.4) is 0 Å². The lowest BCUT2D eigenvalue weighted by Gasteiger charge is -2.03. The van der Waals surface area contributed by atoms with Crippen LogP contribution in [0.15, 0.2) is 0 Å². The summed E-state index contributed by atoms with van der Waals surface area (Å²) in [6, 6.07) is 0. The number of carbonyl (C=O) groups is 1. The first kappa shape index (κ1) is 15.1. The summed E-state index contributed by atoms with van der Waals surface area (Å²) in [5.74, 6) is -1.02. The predicted octanol–water partition coefficient (Wildman–Crippen LogP) is 2.36. The molecule has 0 radical (unpaired) electrons. The second kappa shape index (κ2) is 9.34. The normalized spacial score (nSPS) is 13.6. The Morgan fingerprint density at radius 3 is 2.53 bits per heavy atom. The molecule has 0 saturated carbocycles. The van der Waals surface area contributed by atoms with Crippen LogP contribution in [0.4, 0.5) is 0 Å². The molecule has 0 saturated heterocycles. The zero-order valence-corrected chi connectivity index (χ0v) is 10.6. The first-order valence-corrected chi connectivity index (χ1v) is 7.16. The third-order valence-electron chi connectivity index (χ3n) is 1.69. The van der Waals surface area contributed by atoms with E-state index in [1.54, 1.807) is 0 Å². The first-order valence-electron chi connectivity index (χ1n) is 4.46. The lowest BCUT2D eigenvalue weighted by molar-refractivity contribution is -0.141. The van der Waals surface area contributed by atoms with Crippen molar-refractivity contribution >= 4 is 37.0 Å². The molecule has 0 heterocycles. The molecule has 0 aliphatic rings. The molecule has 0 fully saturated rings. The topological polar surface area (TPSA) is 63.6 Å². The monoisotopic (exact) mass is 275 g/mol. The largest absolute Gasteiger partial charge is 0.481 e. The maximum absolute atomic E-state index is 11.4. The van der Waals surface area contributed by atoms with Crippen LogP contribution in [-0.4, -0.2) is 42.0 Å². The van der Waals surface area contributed by atoms with Crippen LogP contribution >= 0.6 is 31.0 Å². The molecule has 2 atom stereocenters. The first-order chi connectivity index (χ1) is 7.11. The van der Waals surface area contributed by atoms with E-state index >= 15 is 0 Å². The second-order valence-corrected chi connectivity index (χ2v) is 5.25. The molecule has 7 heteroatoms. The summed E-state index contributed by atoms with van der Waals surface area (Å²) in [7, 11) is -1.65. The van der Waals surface area contributed by atoms with Crippen molar-refractivity contribution in [3.63, 3.8) is 0 Å². The summed E-state index contributed by atoms with van der Waals surface area (Å²) >= 11 is 10.8. The molecule has 0 bridgehead atoms. The van der Waals surface area contributed by atoms with Crippen LogP contribution in [0.1, 0.15) is 6.42 Å². The lowest BCUT2D eigenvalue weighted by atomic mass is 10.1.